The van der Waals surface area contributed by atoms with Crippen molar-refractivity contribution in [2.45, 2.75) is 276 Å². The van der Waals surface area contributed by atoms with Crippen LogP contribution in [-0.2, 0) is 52.2 Å². The Morgan fingerprint density at radius 1 is 0.254 bits per heavy atom. The van der Waals surface area contributed by atoms with Crippen molar-refractivity contribution in [3.05, 3.63) is 36.5 Å². The second-order valence-electron chi connectivity index (χ2n) is 19.2. The van der Waals surface area contributed by atoms with Crippen molar-refractivity contribution in [1.29, 1.82) is 0 Å². The summed E-state index contributed by atoms with van der Waals surface area (Å²) in [4.78, 5) is 77.0. The van der Waals surface area contributed by atoms with Crippen molar-refractivity contribution in [3.63, 3.8) is 0 Å². The van der Waals surface area contributed by atoms with Crippen molar-refractivity contribution in [2.24, 2.45) is 0 Å². The first kappa shape index (κ1) is 67.8. The number of hydrogen-bond donors (Lipinski definition) is 0. The van der Waals surface area contributed by atoms with Gasteiger partial charge in [0.15, 0.2) is 0 Å². The number of carbonyl (C=O) groups excluding carboxylic acids is 6. The van der Waals surface area contributed by atoms with E-state index in [0.29, 0.717) is 32.1 Å². The summed E-state index contributed by atoms with van der Waals surface area (Å²) in [7, 11) is 0. The van der Waals surface area contributed by atoms with Crippen molar-refractivity contribution in [1.82, 2.24) is 0 Å². The Bertz CT molecular complexity index is 1270. The van der Waals surface area contributed by atoms with Crippen molar-refractivity contribution in [3.8, 4) is 0 Å². The van der Waals surface area contributed by atoms with Gasteiger partial charge >= 0.3 is 284 Å². The van der Waals surface area contributed by atoms with E-state index in [-0.39, 0.29) is 24.3 Å². The van der Waals surface area contributed by atoms with Gasteiger partial charge in [0.2, 0.25) is 0 Å². The van der Waals surface area contributed by atoms with Crippen LogP contribution in [0, 0.1) is 0 Å². The molecule has 0 saturated heterocycles. The van der Waals surface area contributed by atoms with Crippen molar-refractivity contribution in [2.75, 3.05) is 19.8 Å². The van der Waals surface area contributed by atoms with E-state index in [0.717, 1.165) is 94.2 Å². The van der Waals surface area contributed by atoms with Crippen LogP contribution in [0.15, 0.2) is 36.5 Å². The minimum atomic E-state index is -5.56. The first-order valence-electron chi connectivity index (χ1n) is 28.8. The Hall–Kier alpha value is -3.16. The fraction of sp³-hybridized carbons (Fsp3) is 0.793. The van der Waals surface area contributed by atoms with E-state index in [1.54, 1.807) is 0 Å². The van der Waals surface area contributed by atoms with Crippen LogP contribution < -0.4 is 0 Å². The molecule has 0 saturated carbocycles. The third-order valence-electron chi connectivity index (χ3n) is 12.4. The molecule has 0 amide bonds. The van der Waals surface area contributed by atoms with E-state index in [2.05, 4.69) is 20.8 Å². The molecule has 0 aromatic heterocycles. The normalized spacial score (nSPS) is 12.3. The molecule has 0 unspecified atom stereocenters. The van der Waals surface area contributed by atoms with E-state index in [4.69, 9.17) is 23.4 Å². The molecule has 0 N–H and O–H groups in total. The Morgan fingerprint density at radius 3 is 0.648 bits per heavy atom. The molecule has 0 atom stereocenters. The average molecular weight is 1110 g/mol. The van der Waals surface area contributed by atoms with Crippen LogP contribution in [0.25, 0.3) is 0 Å². The number of unbranched alkanes of at least 4 members (excludes halogenated alkanes) is 34. The standard InChI is InChI=1S/3C18H32O4.C4H9.Sn/c3*1-2-3-4-5-6-7-8-9-10-11-12-13-16-22-18(21)15-14-17(19)20;1-3-4-2;/h3*14-15H,2-13,16H2,1H3,(H,19,20);1,3-4H2,2H3;/q;;;;+3/p-3. The first-order chi connectivity index (χ1) is 34.6. The molecule has 0 heterocycles. The molecular weight excluding hydrogens is 1010 g/mol. The molecule has 0 fully saturated rings. The van der Waals surface area contributed by atoms with Crippen LogP contribution in [0.2, 0.25) is 4.44 Å². The van der Waals surface area contributed by atoms with Gasteiger partial charge in [0.25, 0.3) is 0 Å². The van der Waals surface area contributed by atoms with Gasteiger partial charge in [0.05, 0.1) is 0 Å². The molecule has 13 heteroatoms. The molecule has 0 aromatic carbocycles. The Balaban J connectivity index is 5.27. The predicted octanol–water partition coefficient (Wildman–Crippen LogP) is 15.8. The maximum atomic E-state index is 13.2. The number of carbonyl (C=O) groups is 6. The zero-order valence-corrected chi connectivity index (χ0v) is 48.4. The maximum absolute atomic E-state index is 13.2. The summed E-state index contributed by atoms with van der Waals surface area (Å²) in [5.74, 6) is -5.46. The molecule has 0 bridgehead atoms. The molecule has 0 aliphatic carbocycles. The Kier molecular flexibility index (Phi) is 49.4. The molecule has 0 aromatic rings. The topological polar surface area (TPSA) is 158 Å². The van der Waals surface area contributed by atoms with Crippen molar-refractivity contribution < 1.29 is 52.2 Å². The Morgan fingerprint density at radius 2 is 0.437 bits per heavy atom. The smallest absolute Gasteiger partial charge is 0.0654 e. The van der Waals surface area contributed by atoms with Crippen LogP contribution in [0.3, 0.4) is 0 Å². The summed E-state index contributed by atoms with van der Waals surface area (Å²) < 4.78 is 32.7. The molecule has 12 nitrogen and oxygen atoms in total. The van der Waals surface area contributed by atoms with Gasteiger partial charge in [-0.1, -0.05) is 156 Å². The third kappa shape index (κ3) is 47.6. The van der Waals surface area contributed by atoms with E-state index in [1.165, 1.54) is 154 Å². The first-order valence-corrected chi connectivity index (χ1v) is 34.4. The second kappa shape index (κ2) is 51.7. The van der Waals surface area contributed by atoms with E-state index in [1.807, 2.05) is 6.92 Å². The summed E-state index contributed by atoms with van der Waals surface area (Å²) in [5, 5.41) is 0. The SMILES string of the molecule is CCCCCCCCCCCCCCOC(=O)C=CC(=O)[O][Sn]([CH2]CCC)([O]C(=O)C=CC(=O)OCCCCCCCCCCCCCC)[O]C(=O)C=CC(=O)OCCCCCCCCCCCCCC. The van der Waals surface area contributed by atoms with Gasteiger partial charge in [-0.25, -0.2) is 0 Å². The monoisotopic (exact) mass is 1110 g/mol. The van der Waals surface area contributed by atoms with Gasteiger partial charge in [-0.2, -0.15) is 0 Å². The van der Waals surface area contributed by atoms with Crippen molar-refractivity contribution >= 4 is 55.4 Å². The fourth-order valence-corrected chi connectivity index (χ4v) is 14.8. The van der Waals surface area contributed by atoms with E-state index < -0.39 is 55.4 Å². The third-order valence-corrected chi connectivity index (χ3v) is 19.5. The van der Waals surface area contributed by atoms with E-state index >= 15 is 0 Å². The Labute approximate surface area is 437 Å². The average Bonchev–Trinajstić information content (AvgIpc) is 3.35. The minimum Gasteiger partial charge on any atom is -0.0654 e. The molecule has 71 heavy (non-hydrogen) atoms. The molecule has 410 valence electrons. The van der Waals surface area contributed by atoms with Gasteiger partial charge in [-0.3, -0.25) is 0 Å². The van der Waals surface area contributed by atoms with Gasteiger partial charge in [0.1, 0.15) is 0 Å². The minimum absolute atomic E-state index is 0.0832. The summed E-state index contributed by atoms with van der Waals surface area (Å²) in [6.45, 7) is 9.14. The quantitative estimate of drug-likeness (QED) is 0.0187. The molecule has 0 spiro atoms. The number of rotatable bonds is 51. The molecule has 0 aliphatic rings. The number of esters is 3. The molecule has 0 aliphatic heterocycles. The van der Waals surface area contributed by atoms with Crippen LogP contribution in [0.1, 0.15) is 272 Å². The summed E-state index contributed by atoms with van der Waals surface area (Å²) in [6.07, 6.45) is 48.5. The molecule has 0 rings (SSSR count). The van der Waals surface area contributed by atoms with Gasteiger partial charge in [-0.15, -0.1) is 0 Å². The fourth-order valence-electron chi connectivity index (χ4n) is 8.07. The molecular formula is C58H102O12Sn. The van der Waals surface area contributed by atoms with Crippen LogP contribution in [-0.4, -0.2) is 75.3 Å². The second-order valence-corrected chi connectivity index (χ2v) is 26.3. The van der Waals surface area contributed by atoms with Gasteiger partial charge < -0.3 is 0 Å². The summed E-state index contributed by atoms with van der Waals surface area (Å²) in [5.41, 5.74) is 0. The molecule has 0 radical (unpaired) electrons. The summed E-state index contributed by atoms with van der Waals surface area (Å²) in [6, 6.07) is 0. The van der Waals surface area contributed by atoms with Gasteiger partial charge in [0, 0.05) is 0 Å². The summed E-state index contributed by atoms with van der Waals surface area (Å²) >= 11 is -5.56. The predicted molar refractivity (Wildman–Crippen MR) is 287 cm³/mol. The zero-order valence-electron chi connectivity index (χ0n) is 45.6. The zero-order chi connectivity index (χ0) is 52.1. The van der Waals surface area contributed by atoms with Crippen LogP contribution in [0.4, 0.5) is 0 Å². The number of hydrogen-bond acceptors (Lipinski definition) is 12. The van der Waals surface area contributed by atoms with Gasteiger partial charge in [-0.05, 0) is 0 Å². The van der Waals surface area contributed by atoms with Crippen LogP contribution in [0.5, 0.6) is 0 Å². The number of ether oxygens (including phenoxy) is 3. The van der Waals surface area contributed by atoms with E-state index in [9.17, 15) is 28.8 Å². The van der Waals surface area contributed by atoms with Crippen LogP contribution >= 0.6 is 0 Å².